The Bertz CT molecular complexity index is 4240. The summed E-state index contributed by atoms with van der Waals surface area (Å²) in [4.78, 5) is 15.9. The first kappa shape index (κ1) is 47.0. The van der Waals surface area contributed by atoms with Crippen molar-refractivity contribution < 1.29 is 0 Å². The maximum absolute atomic E-state index is 5.31. The summed E-state index contributed by atoms with van der Waals surface area (Å²) in [5.41, 5.74) is 21.2. The highest BCUT2D eigenvalue weighted by Gasteiger charge is 2.19. The standard InChI is InChI=1S/C73H54N4/c1-73(2,3)64-46-62(50-21-8-5-9-22-50)45-63(47-64)51-37-39-52(40-38-51)70-74-71(60-30-16-27-57(43-60)56-26-15-25-55(42-56)54-24-14-23-53(41-54)49-19-6-4-7-20-49)76-72(75-70)61-31-17-28-58(44-61)59-29-18-32-65(48-59)77-68-35-12-10-33-66(68)67-34-11-13-36-69(67)77/h4-48H,1-3H3. The van der Waals surface area contributed by atoms with Gasteiger partial charge in [0.2, 0.25) is 0 Å². The minimum absolute atomic E-state index is 0.0296. The molecule has 0 fully saturated rings. The molecule has 13 aromatic rings. The lowest BCUT2D eigenvalue weighted by molar-refractivity contribution is 0.590. The van der Waals surface area contributed by atoms with Crippen LogP contribution in [-0.4, -0.2) is 19.5 Å². The summed E-state index contributed by atoms with van der Waals surface area (Å²) in [6, 6.07) is 97.7. The fourth-order valence-corrected chi connectivity index (χ4v) is 10.7. The van der Waals surface area contributed by atoms with Gasteiger partial charge >= 0.3 is 0 Å². The van der Waals surface area contributed by atoms with Gasteiger partial charge in [0.1, 0.15) is 0 Å². The molecule has 0 radical (unpaired) electrons. The Morgan fingerprint density at radius 2 is 0.558 bits per heavy atom. The van der Waals surface area contributed by atoms with E-state index in [1.54, 1.807) is 0 Å². The number of para-hydroxylation sites is 2. The van der Waals surface area contributed by atoms with Crippen LogP contribution in [0.4, 0.5) is 0 Å². The van der Waals surface area contributed by atoms with E-state index < -0.39 is 0 Å². The van der Waals surface area contributed by atoms with Gasteiger partial charge in [0, 0.05) is 33.2 Å². The van der Waals surface area contributed by atoms with Crippen molar-refractivity contribution in [3.8, 4) is 107 Å². The lowest BCUT2D eigenvalue weighted by atomic mass is 9.83. The normalized spacial score (nSPS) is 11.6. The first-order chi connectivity index (χ1) is 37.8. The van der Waals surface area contributed by atoms with Gasteiger partial charge in [0.05, 0.1) is 11.0 Å². The van der Waals surface area contributed by atoms with Crippen molar-refractivity contribution in [3.05, 3.63) is 279 Å². The Morgan fingerprint density at radius 1 is 0.247 bits per heavy atom. The highest BCUT2D eigenvalue weighted by atomic mass is 15.0. The van der Waals surface area contributed by atoms with Crippen molar-refractivity contribution in [2.45, 2.75) is 26.2 Å². The van der Waals surface area contributed by atoms with Crippen LogP contribution < -0.4 is 0 Å². The molecule has 2 heterocycles. The number of rotatable bonds is 10. The number of aromatic nitrogens is 4. The lowest BCUT2D eigenvalue weighted by Crippen LogP contribution is -2.11. The fraction of sp³-hybridized carbons (Fsp3) is 0.0548. The molecule has 0 N–H and O–H groups in total. The molecule has 0 aliphatic heterocycles. The average molecular weight is 987 g/mol. The summed E-state index contributed by atoms with van der Waals surface area (Å²) in [7, 11) is 0. The smallest absolute Gasteiger partial charge is 0.164 e. The second-order valence-electron chi connectivity index (χ2n) is 20.9. The average Bonchev–Trinajstić information content (AvgIpc) is 3.92. The predicted octanol–water partition coefficient (Wildman–Crippen LogP) is 19.3. The molecule has 366 valence electrons. The second kappa shape index (κ2) is 19.8. The van der Waals surface area contributed by atoms with Crippen LogP contribution in [0.5, 0.6) is 0 Å². The van der Waals surface area contributed by atoms with Crippen molar-refractivity contribution in [3.63, 3.8) is 0 Å². The molecule has 0 aliphatic rings. The van der Waals surface area contributed by atoms with Crippen LogP contribution >= 0.6 is 0 Å². The summed E-state index contributed by atoms with van der Waals surface area (Å²) < 4.78 is 2.37. The predicted molar refractivity (Wildman–Crippen MR) is 322 cm³/mol. The Kier molecular flexibility index (Phi) is 12.1. The summed E-state index contributed by atoms with van der Waals surface area (Å²) >= 11 is 0. The number of hydrogen-bond acceptors (Lipinski definition) is 3. The van der Waals surface area contributed by atoms with E-state index in [-0.39, 0.29) is 5.41 Å². The molecule has 77 heavy (non-hydrogen) atoms. The third-order valence-electron chi connectivity index (χ3n) is 14.8. The van der Waals surface area contributed by atoms with Crippen molar-refractivity contribution in [2.24, 2.45) is 0 Å². The first-order valence-electron chi connectivity index (χ1n) is 26.4. The fourth-order valence-electron chi connectivity index (χ4n) is 10.7. The third-order valence-corrected chi connectivity index (χ3v) is 14.8. The molecular formula is C73H54N4. The van der Waals surface area contributed by atoms with Gasteiger partial charge in [-0.3, -0.25) is 0 Å². The zero-order valence-corrected chi connectivity index (χ0v) is 43.3. The highest BCUT2D eigenvalue weighted by molar-refractivity contribution is 6.09. The molecule has 0 aliphatic carbocycles. The van der Waals surface area contributed by atoms with Crippen LogP contribution in [0.25, 0.3) is 128 Å². The zero-order chi connectivity index (χ0) is 51.9. The van der Waals surface area contributed by atoms with Crippen LogP contribution in [0, 0.1) is 0 Å². The van der Waals surface area contributed by atoms with Gasteiger partial charge < -0.3 is 4.57 Å². The maximum atomic E-state index is 5.31. The largest absolute Gasteiger partial charge is 0.309 e. The molecule has 2 aromatic heterocycles. The van der Waals surface area contributed by atoms with E-state index in [1.165, 1.54) is 60.8 Å². The summed E-state index contributed by atoms with van der Waals surface area (Å²) in [5, 5.41) is 2.48. The SMILES string of the molecule is CC(C)(C)c1cc(-c2ccccc2)cc(-c2ccc(-c3nc(-c4cccc(-c5cccc(-c6cccc(-c7ccccc7)c6)c5)c4)nc(-c4cccc(-c5cccc(-n6c7ccccc7c7ccccc76)c5)c4)n3)cc2)c1. The zero-order valence-electron chi connectivity index (χ0n) is 43.3. The Balaban J connectivity index is 0.899. The minimum Gasteiger partial charge on any atom is -0.309 e. The van der Waals surface area contributed by atoms with Crippen molar-refractivity contribution >= 4 is 21.8 Å². The first-order valence-corrected chi connectivity index (χ1v) is 26.4. The molecular weight excluding hydrogens is 933 g/mol. The second-order valence-corrected chi connectivity index (χ2v) is 20.9. The monoisotopic (exact) mass is 986 g/mol. The highest BCUT2D eigenvalue weighted by Crippen LogP contribution is 2.38. The Labute approximate surface area is 450 Å². The van der Waals surface area contributed by atoms with Crippen LogP contribution in [0.2, 0.25) is 0 Å². The number of nitrogens with zero attached hydrogens (tertiary/aromatic N) is 4. The lowest BCUT2D eigenvalue weighted by Gasteiger charge is -2.22. The van der Waals surface area contributed by atoms with Crippen molar-refractivity contribution in [2.75, 3.05) is 0 Å². The molecule has 11 aromatic carbocycles. The van der Waals surface area contributed by atoms with Crippen molar-refractivity contribution in [1.82, 2.24) is 19.5 Å². The van der Waals surface area contributed by atoms with Crippen LogP contribution in [0.3, 0.4) is 0 Å². The number of hydrogen-bond donors (Lipinski definition) is 0. The van der Waals surface area contributed by atoms with Gasteiger partial charge in [0.25, 0.3) is 0 Å². The maximum Gasteiger partial charge on any atom is 0.164 e. The Hall–Kier alpha value is -9.77. The molecule has 0 bridgehead atoms. The van der Waals surface area contributed by atoms with Gasteiger partial charge in [-0.1, -0.05) is 239 Å². The molecule has 0 saturated heterocycles. The van der Waals surface area contributed by atoms with Gasteiger partial charge in [-0.2, -0.15) is 0 Å². The van der Waals surface area contributed by atoms with Crippen molar-refractivity contribution in [1.29, 1.82) is 0 Å². The summed E-state index contributed by atoms with van der Waals surface area (Å²) in [6.45, 7) is 6.83. The van der Waals surface area contributed by atoms with Crippen LogP contribution in [0.15, 0.2) is 273 Å². The third kappa shape index (κ3) is 9.43. The van der Waals surface area contributed by atoms with E-state index in [2.05, 4.69) is 298 Å². The van der Waals surface area contributed by atoms with Crippen LogP contribution in [-0.2, 0) is 5.41 Å². The Morgan fingerprint density at radius 3 is 1.03 bits per heavy atom. The van der Waals surface area contributed by atoms with Gasteiger partial charge in [-0.15, -0.1) is 0 Å². The summed E-state index contributed by atoms with van der Waals surface area (Å²) in [6.07, 6.45) is 0. The molecule has 13 rings (SSSR count). The molecule has 0 saturated carbocycles. The molecule has 4 heteroatoms. The van der Waals surface area contributed by atoms with Gasteiger partial charge in [-0.05, 0) is 132 Å². The molecule has 0 amide bonds. The van der Waals surface area contributed by atoms with Crippen LogP contribution in [0.1, 0.15) is 26.3 Å². The number of fused-ring (bicyclic) bond motifs is 3. The minimum atomic E-state index is -0.0296. The summed E-state index contributed by atoms with van der Waals surface area (Å²) in [5.74, 6) is 1.81. The van der Waals surface area contributed by atoms with E-state index >= 15 is 0 Å². The quantitative estimate of drug-likeness (QED) is 0.137. The number of benzene rings is 11. The molecule has 0 atom stereocenters. The van der Waals surface area contributed by atoms with E-state index in [1.807, 2.05) is 0 Å². The van der Waals surface area contributed by atoms with Gasteiger partial charge in [0.15, 0.2) is 17.5 Å². The molecule has 4 nitrogen and oxygen atoms in total. The van der Waals surface area contributed by atoms with E-state index in [0.717, 1.165) is 55.8 Å². The molecule has 0 spiro atoms. The van der Waals surface area contributed by atoms with E-state index in [9.17, 15) is 0 Å². The topological polar surface area (TPSA) is 43.6 Å². The van der Waals surface area contributed by atoms with Gasteiger partial charge in [-0.25, -0.2) is 15.0 Å². The van der Waals surface area contributed by atoms with E-state index in [4.69, 9.17) is 15.0 Å². The van der Waals surface area contributed by atoms with E-state index in [0.29, 0.717) is 17.5 Å². The molecule has 0 unspecified atom stereocenters.